The predicted octanol–water partition coefficient (Wildman–Crippen LogP) is 12.1. The van der Waals surface area contributed by atoms with Crippen LogP contribution in [0.15, 0.2) is 115 Å². The Hall–Kier alpha value is -5.34. The molecule has 0 heterocycles. The number of quaternary nitrogens is 2. The molecule has 0 bridgehead atoms. The first-order valence-corrected chi connectivity index (χ1v) is 20.4. The van der Waals surface area contributed by atoms with Gasteiger partial charge in [0.25, 0.3) is 0 Å². The van der Waals surface area contributed by atoms with Gasteiger partial charge in [-0.05, 0) is 61.6 Å². The second-order valence-electron chi connectivity index (χ2n) is 17.2. The maximum Gasteiger partial charge on any atom is 0.137 e. The molecule has 4 heteroatoms. The van der Waals surface area contributed by atoms with E-state index in [-0.39, 0.29) is 0 Å². The second kappa shape index (κ2) is 16.8. The van der Waals surface area contributed by atoms with E-state index in [1.165, 1.54) is 62.4 Å². The quantitative estimate of drug-likeness (QED) is 0.0478. The number of likely N-dealkylation sites (N-methyl/N-ethyl adjacent to an activating group) is 2. The van der Waals surface area contributed by atoms with Crippen LogP contribution in [-0.2, 0) is 0 Å². The van der Waals surface area contributed by atoms with E-state index < -0.39 is 0 Å². The Balaban J connectivity index is 1.65. The molecular formula is C52H58N2O2+2. The van der Waals surface area contributed by atoms with E-state index in [0.29, 0.717) is 13.2 Å². The highest BCUT2D eigenvalue weighted by atomic mass is 16.5. The third kappa shape index (κ3) is 8.71. The van der Waals surface area contributed by atoms with Crippen LogP contribution in [0.2, 0.25) is 0 Å². The number of benzene rings is 7. The Morgan fingerprint density at radius 3 is 1.23 bits per heavy atom. The van der Waals surface area contributed by atoms with Gasteiger partial charge in [0.15, 0.2) is 0 Å². The van der Waals surface area contributed by atoms with Crippen molar-refractivity contribution in [1.82, 2.24) is 0 Å². The standard InChI is InChI=1S/C52H58N2O2/c1-8-9-10-11-12-13-30-46-51(49-42-26-18-14-22-38(42)35-39-23-15-19-27-43(39)49)47(55-33-31-53(2,3)4)37-48(56-34-32-54(5,6)7)52(46)50-44-28-20-16-24-40(44)36-41-25-17-21-29-45(41)50/h14-29,35-37H,8-12,31-34H2,1-7H3/q+2. The van der Waals surface area contributed by atoms with Crippen molar-refractivity contribution in [2.24, 2.45) is 0 Å². The van der Waals surface area contributed by atoms with Gasteiger partial charge in [-0.2, -0.15) is 0 Å². The van der Waals surface area contributed by atoms with Gasteiger partial charge in [-0.25, -0.2) is 0 Å². The van der Waals surface area contributed by atoms with Gasteiger partial charge in [-0.1, -0.05) is 135 Å². The highest BCUT2D eigenvalue weighted by Gasteiger charge is 2.27. The lowest BCUT2D eigenvalue weighted by Crippen LogP contribution is -2.38. The van der Waals surface area contributed by atoms with Crippen LogP contribution in [-0.4, -0.2) is 77.6 Å². The SMILES string of the molecule is CCCCCCC#Cc1c(-c2c3ccccc3cc3ccccc23)c(OCC[N+](C)(C)C)cc(OCC[N+](C)(C)C)c1-c1c2ccccc2cc2ccccc12. The highest BCUT2D eigenvalue weighted by molar-refractivity contribution is 6.18. The van der Waals surface area contributed by atoms with Crippen molar-refractivity contribution in [1.29, 1.82) is 0 Å². The van der Waals surface area contributed by atoms with Gasteiger partial charge in [0, 0.05) is 40.3 Å². The van der Waals surface area contributed by atoms with Crippen molar-refractivity contribution in [2.45, 2.75) is 39.0 Å². The number of ether oxygens (including phenoxy) is 2. The minimum absolute atomic E-state index is 0.554. The molecule has 0 saturated carbocycles. The molecule has 7 aromatic rings. The average Bonchev–Trinajstić information content (AvgIpc) is 3.17. The monoisotopic (exact) mass is 742 g/mol. The Morgan fingerprint density at radius 2 is 0.857 bits per heavy atom. The molecule has 56 heavy (non-hydrogen) atoms. The summed E-state index contributed by atoms with van der Waals surface area (Å²) in [5.74, 6) is 9.23. The zero-order valence-electron chi connectivity index (χ0n) is 34.5. The Labute approximate surface area is 334 Å². The first kappa shape index (κ1) is 38.9. The largest absolute Gasteiger partial charge is 0.487 e. The summed E-state index contributed by atoms with van der Waals surface area (Å²) in [5, 5.41) is 9.49. The molecule has 0 saturated heterocycles. The van der Waals surface area contributed by atoms with Crippen LogP contribution < -0.4 is 9.47 Å². The Bertz CT molecular complexity index is 2290. The summed E-state index contributed by atoms with van der Waals surface area (Å²) in [6.07, 6.45) is 5.51. The maximum absolute atomic E-state index is 7.05. The summed E-state index contributed by atoms with van der Waals surface area (Å²) < 4.78 is 15.7. The van der Waals surface area contributed by atoms with Gasteiger partial charge >= 0.3 is 0 Å². The minimum atomic E-state index is 0.554. The maximum atomic E-state index is 7.05. The van der Waals surface area contributed by atoms with Gasteiger partial charge in [-0.15, -0.1) is 0 Å². The number of fused-ring (bicyclic) bond motifs is 4. The van der Waals surface area contributed by atoms with Crippen molar-refractivity contribution in [3.63, 3.8) is 0 Å². The molecular weight excluding hydrogens is 685 g/mol. The third-order valence-corrected chi connectivity index (χ3v) is 10.7. The first-order chi connectivity index (χ1) is 27.0. The van der Waals surface area contributed by atoms with Crippen LogP contribution in [0.1, 0.15) is 44.6 Å². The topological polar surface area (TPSA) is 18.5 Å². The molecule has 0 N–H and O–H groups in total. The Kier molecular flexibility index (Phi) is 11.7. The summed E-state index contributed by atoms with van der Waals surface area (Å²) in [7, 11) is 13.3. The fraction of sp³-hybridized carbons (Fsp3) is 0.308. The van der Waals surface area contributed by atoms with Crippen molar-refractivity contribution >= 4 is 43.1 Å². The third-order valence-electron chi connectivity index (χ3n) is 10.7. The van der Waals surface area contributed by atoms with E-state index in [1.54, 1.807) is 0 Å². The smallest absolute Gasteiger partial charge is 0.137 e. The van der Waals surface area contributed by atoms with Gasteiger partial charge in [0.1, 0.15) is 37.8 Å². The molecule has 0 aliphatic rings. The van der Waals surface area contributed by atoms with Crippen molar-refractivity contribution in [3.05, 3.63) is 121 Å². The van der Waals surface area contributed by atoms with Crippen LogP contribution >= 0.6 is 0 Å². The molecule has 0 aromatic heterocycles. The summed E-state index contributed by atoms with van der Waals surface area (Å²) in [6.45, 7) is 5.07. The van der Waals surface area contributed by atoms with Crippen molar-refractivity contribution < 1.29 is 18.4 Å². The fourth-order valence-electron chi connectivity index (χ4n) is 7.70. The molecule has 0 aliphatic heterocycles. The van der Waals surface area contributed by atoms with Gasteiger partial charge < -0.3 is 18.4 Å². The number of rotatable bonds is 14. The molecule has 0 spiro atoms. The Morgan fingerprint density at radius 1 is 0.464 bits per heavy atom. The second-order valence-corrected chi connectivity index (χ2v) is 17.2. The van der Waals surface area contributed by atoms with E-state index >= 15 is 0 Å². The van der Waals surface area contributed by atoms with Crippen molar-refractivity contribution in [3.8, 4) is 45.6 Å². The molecule has 7 aromatic carbocycles. The average molecular weight is 743 g/mol. The van der Waals surface area contributed by atoms with Gasteiger partial charge in [0.05, 0.1) is 42.3 Å². The summed E-state index contributed by atoms with van der Waals surface area (Å²) >= 11 is 0. The molecule has 4 nitrogen and oxygen atoms in total. The molecule has 0 aliphatic carbocycles. The molecule has 0 atom stereocenters. The highest BCUT2D eigenvalue weighted by Crippen LogP contribution is 2.51. The summed E-state index contributed by atoms with van der Waals surface area (Å²) in [4.78, 5) is 0. The molecule has 0 radical (unpaired) electrons. The van der Waals surface area contributed by atoms with E-state index in [4.69, 9.17) is 9.47 Å². The fourth-order valence-corrected chi connectivity index (χ4v) is 7.70. The van der Waals surface area contributed by atoms with Gasteiger partial charge in [-0.3, -0.25) is 0 Å². The predicted molar refractivity (Wildman–Crippen MR) is 240 cm³/mol. The number of hydrogen-bond acceptors (Lipinski definition) is 2. The van der Waals surface area contributed by atoms with Crippen LogP contribution in [0.5, 0.6) is 11.5 Å². The van der Waals surface area contributed by atoms with Crippen LogP contribution in [0.4, 0.5) is 0 Å². The van der Waals surface area contributed by atoms with Gasteiger partial charge in [0.2, 0.25) is 0 Å². The molecule has 0 amide bonds. The van der Waals surface area contributed by atoms with E-state index in [2.05, 4.69) is 176 Å². The number of hydrogen-bond donors (Lipinski definition) is 0. The zero-order chi connectivity index (χ0) is 39.3. The zero-order valence-corrected chi connectivity index (χ0v) is 34.5. The molecule has 0 unspecified atom stereocenters. The number of nitrogens with zero attached hydrogens (tertiary/aromatic N) is 2. The van der Waals surface area contributed by atoms with Crippen molar-refractivity contribution in [2.75, 3.05) is 68.6 Å². The molecule has 286 valence electrons. The van der Waals surface area contributed by atoms with Crippen LogP contribution in [0, 0.1) is 11.8 Å². The van der Waals surface area contributed by atoms with Crippen LogP contribution in [0.3, 0.4) is 0 Å². The molecule has 7 rings (SSSR count). The lowest BCUT2D eigenvalue weighted by atomic mass is 9.83. The lowest BCUT2D eigenvalue weighted by Gasteiger charge is -2.27. The lowest BCUT2D eigenvalue weighted by molar-refractivity contribution is -0.870. The summed E-state index contributed by atoms with van der Waals surface area (Å²) in [5.41, 5.74) is 5.33. The number of unbranched alkanes of at least 4 members (excludes halogenated alkanes) is 4. The molecule has 0 fully saturated rings. The van der Waals surface area contributed by atoms with E-state index in [1.807, 2.05) is 0 Å². The van der Waals surface area contributed by atoms with E-state index in [9.17, 15) is 0 Å². The van der Waals surface area contributed by atoms with Crippen LogP contribution in [0.25, 0.3) is 65.3 Å². The minimum Gasteiger partial charge on any atom is -0.487 e. The normalized spacial score (nSPS) is 12.0. The van der Waals surface area contributed by atoms with E-state index in [0.717, 1.165) is 74.2 Å². The first-order valence-electron chi connectivity index (χ1n) is 20.4. The summed E-state index contributed by atoms with van der Waals surface area (Å²) in [6, 6.07) is 41.9.